The smallest absolute Gasteiger partial charge is 0.338 e. The van der Waals surface area contributed by atoms with Crippen molar-refractivity contribution in [2.75, 3.05) is 13.7 Å². The number of hydrogen-bond donors (Lipinski definition) is 0. The summed E-state index contributed by atoms with van der Waals surface area (Å²) in [6.45, 7) is 4.85. The van der Waals surface area contributed by atoms with E-state index in [1.165, 1.54) is 5.56 Å². The zero-order chi connectivity index (χ0) is 16.7. The Morgan fingerprint density at radius 3 is 2.43 bits per heavy atom. The van der Waals surface area contributed by atoms with Gasteiger partial charge in [0.1, 0.15) is 6.61 Å². The fourth-order valence-electron chi connectivity index (χ4n) is 2.04. The van der Waals surface area contributed by atoms with E-state index < -0.39 is 0 Å². The van der Waals surface area contributed by atoms with E-state index in [4.69, 9.17) is 14.2 Å². The van der Waals surface area contributed by atoms with Crippen LogP contribution in [-0.4, -0.2) is 19.7 Å². The van der Waals surface area contributed by atoms with Crippen molar-refractivity contribution >= 4 is 5.97 Å². The highest BCUT2D eigenvalue weighted by Gasteiger charge is 2.12. The van der Waals surface area contributed by atoms with E-state index in [0.29, 0.717) is 30.3 Å². The average Bonchev–Trinajstić information content (AvgIpc) is 2.59. The Morgan fingerprint density at radius 2 is 1.78 bits per heavy atom. The lowest BCUT2D eigenvalue weighted by atomic mass is 10.1. The van der Waals surface area contributed by atoms with Gasteiger partial charge in [-0.1, -0.05) is 36.8 Å². The highest BCUT2D eigenvalue weighted by molar-refractivity contribution is 5.90. The van der Waals surface area contributed by atoms with Crippen LogP contribution in [-0.2, 0) is 11.3 Å². The van der Waals surface area contributed by atoms with Gasteiger partial charge >= 0.3 is 5.97 Å². The molecule has 0 aliphatic carbocycles. The van der Waals surface area contributed by atoms with E-state index in [1.54, 1.807) is 25.3 Å². The SMILES string of the molecule is CCCOC(=O)c1ccc(OCc2ccc(C)cc2)c(OC)c1. The minimum atomic E-state index is -0.352. The number of esters is 1. The maximum atomic E-state index is 11.9. The van der Waals surface area contributed by atoms with Crippen LogP contribution in [0, 0.1) is 6.92 Å². The van der Waals surface area contributed by atoms with Crippen LogP contribution >= 0.6 is 0 Å². The molecule has 0 aliphatic rings. The van der Waals surface area contributed by atoms with Gasteiger partial charge in [-0.2, -0.15) is 0 Å². The van der Waals surface area contributed by atoms with Crippen LogP contribution in [0.15, 0.2) is 42.5 Å². The third-order valence-electron chi connectivity index (χ3n) is 3.35. The van der Waals surface area contributed by atoms with Crippen molar-refractivity contribution in [2.45, 2.75) is 26.9 Å². The molecule has 0 fully saturated rings. The maximum absolute atomic E-state index is 11.9. The minimum Gasteiger partial charge on any atom is -0.493 e. The van der Waals surface area contributed by atoms with Crippen LogP contribution in [0.1, 0.15) is 34.8 Å². The van der Waals surface area contributed by atoms with Gasteiger partial charge in [0.25, 0.3) is 0 Å². The lowest BCUT2D eigenvalue weighted by Gasteiger charge is -2.12. The molecule has 0 aromatic heterocycles. The molecule has 122 valence electrons. The molecule has 0 bridgehead atoms. The highest BCUT2D eigenvalue weighted by atomic mass is 16.5. The molecule has 0 spiro atoms. The largest absolute Gasteiger partial charge is 0.493 e. The predicted molar refractivity (Wildman–Crippen MR) is 89.1 cm³/mol. The molecule has 0 radical (unpaired) electrons. The normalized spacial score (nSPS) is 10.2. The van der Waals surface area contributed by atoms with E-state index in [0.717, 1.165) is 12.0 Å². The average molecular weight is 314 g/mol. The van der Waals surface area contributed by atoms with E-state index in [-0.39, 0.29) is 5.97 Å². The molecule has 2 aromatic carbocycles. The second-order valence-electron chi connectivity index (χ2n) is 5.28. The van der Waals surface area contributed by atoms with Crippen molar-refractivity contribution in [3.63, 3.8) is 0 Å². The zero-order valence-corrected chi connectivity index (χ0v) is 13.8. The minimum absolute atomic E-state index is 0.352. The molecule has 0 N–H and O–H groups in total. The standard InChI is InChI=1S/C19H22O4/c1-4-11-22-19(20)16-9-10-17(18(12-16)21-3)23-13-15-7-5-14(2)6-8-15/h5-10,12H,4,11,13H2,1-3H3. The van der Waals surface area contributed by atoms with Crippen LogP contribution in [0.3, 0.4) is 0 Å². The number of carbonyl (C=O) groups excluding carboxylic acids is 1. The number of hydrogen-bond acceptors (Lipinski definition) is 4. The molecule has 0 saturated heterocycles. The van der Waals surface area contributed by atoms with Gasteiger partial charge in [0.2, 0.25) is 0 Å². The first-order valence-electron chi connectivity index (χ1n) is 7.67. The van der Waals surface area contributed by atoms with Gasteiger partial charge in [0, 0.05) is 0 Å². The monoisotopic (exact) mass is 314 g/mol. The first kappa shape index (κ1) is 16.9. The zero-order valence-electron chi connectivity index (χ0n) is 13.8. The number of methoxy groups -OCH3 is 1. The number of benzene rings is 2. The van der Waals surface area contributed by atoms with Gasteiger partial charge in [-0.05, 0) is 37.1 Å². The molecule has 0 heterocycles. The lowest BCUT2D eigenvalue weighted by molar-refractivity contribution is 0.0504. The highest BCUT2D eigenvalue weighted by Crippen LogP contribution is 2.29. The van der Waals surface area contributed by atoms with Gasteiger partial charge in [0.15, 0.2) is 11.5 Å². The summed E-state index contributed by atoms with van der Waals surface area (Å²) in [7, 11) is 1.55. The molecular weight excluding hydrogens is 292 g/mol. The number of carbonyl (C=O) groups is 1. The number of rotatable bonds is 7. The fraction of sp³-hybridized carbons (Fsp3) is 0.316. The van der Waals surface area contributed by atoms with Gasteiger partial charge in [-0.15, -0.1) is 0 Å². The van der Waals surface area contributed by atoms with Crippen LogP contribution in [0.4, 0.5) is 0 Å². The Kier molecular flexibility index (Phi) is 6.03. The first-order chi connectivity index (χ1) is 11.1. The quantitative estimate of drug-likeness (QED) is 0.720. The Balaban J connectivity index is 2.07. The third-order valence-corrected chi connectivity index (χ3v) is 3.35. The summed E-state index contributed by atoms with van der Waals surface area (Å²) in [5.74, 6) is 0.762. The molecule has 0 aliphatic heterocycles. The number of ether oxygens (including phenoxy) is 3. The first-order valence-corrected chi connectivity index (χ1v) is 7.67. The molecule has 0 amide bonds. The van der Waals surface area contributed by atoms with Gasteiger partial charge in [0.05, 0.1) is 19.3 Å². The number of aryl methyl sites for hydroxylation is 1. The van der Waals surface area contributed by atoms with Crippen molar-refractivity contribution in [3.05, 3.63) is 59.2 Å². The van der Waals surface area contributed by atoms with E-state index in [1.807, 2.05) is 38.1 Å². The summed E-state index contributed by atoms with van der Waals surface area (Å²) in [6, 6.07) is 13.2. The topological polar surface area (TPSA) is 44.8 Å². The van der Waals surface area contributed by atoms with Crippen LogP contribution < -0.4 is 9.47 Å². The van der Waals surface area contributed by atoms with Crippen molar-refractivity contribution < 1.29 is 19.0 Å². The second kappa shape index (κ2) is 8.22. The van der Waals surface area contributed by atoms with E-state index in [2.05, 4.69) is 0 Å². The summed E-state index contributed by atoms with van der Waals surface area (Å²) in [4.78, 5) is 11.9. The summed E-state index contributed by atoms with van der Waals surface area (Å²) in [5, 5.41) is 0. The van der Waals surface area contributed by atoms with Crippen molar-refractivity contribution in [1.29, 1.82) is 0 Å². The summed E-state index contributed by atoms with van der Waals surface area (Å²) in [5.41, 5.74) is 2.74. The Hall–Kier alpha value is -2.49. The Labute approximate surface area is 137 Å². The Bertz CT molecular complexity index is 647. The van der Waals surface area contributed by atoms with Gasteiger partial charge in [-0.3, -0.25) is 0 Å². The Morgan fingerprint density at radius 1 is 1.04 bits per heavy atom. The van der Waals surface area contributed by atoms with Crippen LogP contribution in [0.25, 0.3) is 0 Å². The van der Waals surface area contributed by atoms with Crippen molar-refractivity contribution in [3.8, 4) is 11.5 Å². The van der Waals surface area contributed by atoms with Crippen molar-refractivity contribution in [2.24, 2.45) is 0 Å². The molecule has 2 rings (SSSR count). The summed E-state index contributed by atoms with van der Waals surface area (Å²) in [6.07, 6.45) is 0.792. The molecule has 23 heavy (non-hydrogen) atoms. The summed E-state index contributed by atoms with van der Waals surface area (Å²) < 4.78 is 16.2. The van der Waals surface area contributed by atoms with E-state index >= 15 is 0 Å². The van der Waals surface area contributed by atoms with Gasteiger partial charge in [-0.25, -0.2) is 4.79 Å². The summed E-state index contributed by atoms with van der Waals surface area (Å²) >= 11 is 0. The van der Waals surface area contributed by atoms with Gasteiger partial charge < -0.3 is 14.2 Å². The second-order valence-corrected chi connectivity index (χ2v) is 5.28. The fourth-order valence-corrected chi connectivity index (χ4v) is 2.04. The molecule has 2 aromatic rings. The van der Waals surface area contributed by atoms with Crippen molar-refractivity contribution in [1.82, 2.24) is 0 Å². The molecular formula is C19H22O4. The lowest BCUT2D eigenvalue weighted by Crippen LogP contribution is -2.06. The van der Waals surface area contributed by atoms with E-state index in [9.17, 15) is 4.79 Å². The maximum Gasteiger partial charge on any atom is 0.338 e. The van der Waals surface area contributed by atoms with Crippen LogP contribution in [0.5, 0.6) is 11.5 Å². The van der Waals surface area contributed by atoms with Crippen LogP contribution in [0.2, 0.25) is 0 Å². The molecule has 4 heteroatoms. The molecule has 4 nitrogen and oxygen atoms in total. The molecule has 0 unspecified atom stereocenters. The third kappa shape index (κ3) is 4.74. The molecule has 0 saturated carbocycles. The predicted octanol–water partition coefficient (Wildman–Crippen LogP) is 4.15. The molecule has 0 atom stereocenters.